The number of morpholine rings is 1. The molecule has 1 atom stereocenters. The molecule has 1 aliphatic heterocycles. The van der Waals surface area contributed by atoms with Gasteiger partial charge in [-0.1, -0.05) is 26.0 Å². The third-order valence-corrected chi connectivity index (χ3v) is 4.96. The highest BCUT2D eigenvalue weighted by Crippen LogP contribution is 2.15. The monoisotopic (exact) mass is 374 g/mol. The van der Waals surface area contributed by atoms with Gasteiger partial charge in [-0.2, -0.15) is 5.26 Å². The van der Waals surface area contributed by atoms with E-state index in [-0.39, 0.29) is 5.92 Å². The van der Waals surface area contributed by atoms with E-state index in [0.717, 1.165) is 38.4 Å². The Morgan fingerprint density at radius 1 is 1.30 bits per heavy atom. The zero-order valence-corrected chi connectivity index (χ0v) is 16.2. The fourth-order valence-electron chi connectivity index (χ4n) is 2.73. The van der Waals surface area contributed by atoms with Crippen molar-refractivity contribution >= 4 is 11.9 Å². The molecule has 1 heterocycles. The van der Waals surface area contributed by atoms with Crippen molar-refractivity contribution in [3.8, 4) is 6.07 Å². The van der Waals surface area contributed by atoms with E-state index in [1.54, 1.807) is 19.1 Å². The third-order valence-electron chi connectivity index (χ3n) is 4.96. The van der Waals surface area contributed by atoms with Crippen molar-refractivity contribution in [1.82, 2.24) is 5.32 Å². The highest BCUT2D eigenvalue weighted by atomic mass is 16.5. The number of rotatable bonds is 7. The Kier molecular flexibility index (Phi) is 7.34. The number of carbonyl (C=O) groups excluding carboxylic acids is 2. The number of amides is 1. The maximum absolute atomic E-state index is 12.1. The Morgan fingerprint density at radius 3 is 2.48 bits per heavy atom. The summed E-state index contributed by atoms with van der Waals surface area (Å²) in [4.78, 5) is 25.6. The lowest BCUT2D eigenvalue weighted by Gasteiger charge is -2.27. The topological polar surface area (TPSA) is 92.9 Å². The number of carbonyl (C=O) groups is 2. The number of esters is 1. The second-order valence-corrected chi connectivity index (χ2v) is 7.33. The van der Waals surface area contributed by atoms with Crippen LogP contribution in [0.5, 0.6) is 0 Å². The molecule has 1 aromatic carbocycles. The predicted molar refractivity (Wildman–Crippen MR) is 98.9 cm³/mol. The van der Waals surface area contributed by atoms with Crippen LogP contribution in [0, 0.1) is 17.2 Å². The fraction of sp³-hybridized carbons (Fsp3) is 0.550. The van der Waals surface area contributed by atoms with Gasteiger partial charge in [0.25, 0.3) is 5.91 Å². The van der Waals surface area contributed by atoms with E-state index in [1.165, 1.54) is 4.90 Å². The third kappa shape index (κ3) is 6.05. The van der Waals surface area contributed by atoms with Crippen LogP contribution in [0.1, 0.15) is 36.7 Å². The van der Waals surface area contributed by atoms with Gasteiger partial charge in [0.2, 0.25) is 0 Å². The van der Waals surface area contributed by atoms with Gasteiger partial charge in [0.15, 0.2) is 6.61 Å². The molecule has 0 aliphatic carbocycles. The number of nitrogens with one attached hydrogen (secondary N) is 2. The van der Waals surface area contributed by atoms with Crippen LogP contribution in [0.25, 0.3) is 0 Å². The number of nitriles is 1. The van der Waals surface area contributed by atoms with Crippen LogP contribution in [0.2, 0.25) is 0 Å². The number of nitrogens with zero attached hydrogens (tertiary/aromatic N) is 1. The van der Waals surface area contributed by atoms with Crippen molar-refractivity contribution in [3.05, 3.63) is 35.4 Å². The van der Waals surface area contributed by atoms with Crippen LogP contribution >= 0.6 is 0 Å². The van der Waals surface area contributed by atoms with Gasteiger partial charge in [0.1, 0.15) is 25.2 Å². The van der Waals surface area contributed by atoms with Crippen molar-refractivity contribution in [2.45, 2.75) is 32.9 Å². The number of ether oxygens (including phenoxy) is 2. The molecular weight excluding hydrogens is 346 g/mol. The number of quaternary nitrogens is 1. The summed E-state index contributed by atoms with van der Waals surface area (Å²) in [5, 5.41) is 11.8. The van der Waals surface area contributed by atoms with Gasteiger partial charge in [-0.15, -0.1) is 0 Å². The van der Waals surface area contributed by atoms with Crippen molar-refractivity contribution in [2.75, 3.05) is 32.9 Å². The molecule has 7 nitrogen and oxygen atoms in total. The normalized spacial score (nSPS) is 17.0. The van der Waals surface area contributed by atoms with Crippen molar-refractivity contribution in [1.29, 1.82) is 5.26 Å². The first-order chi connectivity index (χ1) is 12.8. The van der Waals surface area contributed by atoms with Gasteiger partial charge in [0, 0.05) is 5.56 Å². The second-order valence-electron chi connectivity index (χ2n) is 7.33. The van der Waals surface area contributed by atoms with E-state index in [9.17, 15) is 14.9 Å². The molecule has 0 unspecified atom stereocenters. The first-order valence-corrected chi connectivity index (χ1v) is 9.23. The van der Waals surface area contributed by atoms with Gasteiger partial charge in [-0.25, -0.2) is 4.79 Å². The summed E-state index contributed by atoms with van der Waals surface area (Å²) in [6, 6.07) is 9.32. The molecule has 0 aromatic heterocycles. The lowest BCUT2D eigenvalue weighted by molar-refractivity contribution is -0.921. The average molecular weight is 374 g/mol. The molecule has 1 saturated heterocycles. The van der Waals surface area contributed by atoms with Crippen LogP contribution in [-0.4, -0.2) is 50.3 Å². The molecule has 1 amide bonds. The van der Waals surface area contributed by atoms with Crippen LogP contribution in [-0.2, 0) is 20.8 Å². The summed E-state index contributed by atoms with van der Waals surface area (Å²) < 4.78 is 10.4. The van der Waals surface area contributed by atoms with E-state index in [2.05, 4.69) is 11.4 Å². The molecule has 7 heteroatoms. The van der Waals surface area contributed by atoms with Gasteiger partial charge in [-0.3, -0.25) is 4.79 Å². The van der Waals surface area contributed by atoms with Crippen molar-refractivity contribution in [2.24, 2.45) is 5.92 Å². The minimum absolute atomic E-state index is 0.0664. The smallest absolute Gasteiger partial charge is 0.338 e. The predicted octanol–water partition coefficient (Wildman–Crippen LogP) is 0.313. The standard InChI is InChI=1S/C20H27N3O4/c1-15(2)20(3,14-21)22-18(24)13-27-19(25)17-6-4-16(5-7-17)12-23-8-10-26-11-9-23/h4-7,15H,8-13H2,1-3H3,(H,22,24)/p+1/t20-/m1/s1. The molecule has 2 rings (SSSR count). The molecule has 0 bridgehead atoms. The molecule has 0 spiro atoms. The van der Waals surface area contributed by atoms with E-state index in [4.69, 9.17) is 9.47 Å². The summed E-state index contributed by atoms with van der Waals surface area (Å²) in [6.45, 7) is 9.34. The van der Waals surface area contributed by atoms with Crippen LogP contribution < -0.4 is 10.2 Å². The Bertz CT molecular complexity index is 690. The van der Waals surface area contributed by atoms with Gasteiger partial charge in [-0.05, 0) is 25.0 Å². The number of hydrogen-bond acceptors (Lipinski definition) is 5. The summed E-state index contributed by atoms with van der Waals surface area (Å²) >= 11 is 0. The molecule has 1 aromatic rings. The molecule has 27 heavy (non-hydrogen) atoms. The molecular formula is C20H28N3O4+. The van der Waals surface area contributed by atoms with Crippen LogP contribution in [0.4, 0.5) is 0 Å². The lowest BCUT2D eigenvalue weighted by Crippen LogP contribution is -3.12. The van der Waals surface area contributed by atoms with E-state index < -0.39 is 24.0 Å². The molecule has 2 N–H and O–H groups in total. The maximum Gasteiger partial charge on any atom is 0.338 e. The fourth-order valence-corrected chi connectivity index (χ4v) is 2.73. The Balaban J connectivity index is 1.83. The Labute approximate surface area is 160 Å². The molecule has 146 valence electrons. The minimum Gasteiger partial charge on any atom is -0.452 e. The van der Waals surface area contributed by atoms with E-state index in [1.807, 2.05) is 26.0 Å². The van der Waals surface area contributed by atoms with Gasteiger partial charge >= 0.3 is 5.97 Å². The Morgan fingerprint density at radius 2 is 1.93 bits per heavy atom. The molecule has 0 radical (unpaired) electrons. The van der Waals surface area contributed by atoms with E-state index >= 15 is 0 Å². The SMILES string of the molecule is CC(C)[C@@](C)(C#N)NC(=O)COC(=O)c1ccc(C[NH+]2CCOCC2)cc1. The van der Waals surface area contributed by atoms with E-state index in [0.29, 0.717) is 5.56 Å². The quantitative estimate of drug-likeness (QED) is 0.670. The summed E-state index contributed by atoms with van der Waals surface area (Å²) in [7, 11) is 0. The zero-order valence-electron chi connectivity index (χ0n) is 16.2. The lowest BCUT2D eigenvalue weighted by atomic mass is 9.90. The summed E-state index contributed by atoms with van der Waals surface area (Å²) in [5.74, 6) is -1.12. The summed E-state index contributed by atoms with van der Waals surface area (Å²) in [6.07, 6.45) is 0. The highest BCUT2D eigenvalue weighted by Gasteiger charge is 2.30. The largest absolute Gasteiger partial charge is 0.452 e. The van der Waals surface area contributed by atoms with Crippen LogP contribution in [0.15, 0.2) is 24.3 Å². The van der Waals surface area contributed by atoms with Gasteiger partial charge < -0.3 is 19.7 Å². The zero-order chi connectivity index (χ0) is 19.9. The van der Waals surface area contributed by atoms with Crippen LogP contribution in [0.3, 0.4) is 0 Å². The van der Waals surface area contributed by atoms with Gasteiger partial charge in [0.05, 0.1) is 24.8 Å². The Hall–Kier alpha value is -2.43. The first-order valence-electron chi connectivity index (χ1n) is 9.23. The highest BCUT2D eigenvalue weighted by molar-refractivity contribution is 5.91. The van der Waals surface area contributed by atoms with Crippen molar-refractivity contribution < 1.29 is 24.0 Å². The number of hydrogen-bond donors (Lipinski definition) is 2. The molecule has 0 saturated carbocycles. The second kappa shape index (κ2) is 9.49. The average Bonchev–Trinajstić information content (AvgIpc) is 2.67. The van der Waals surface area contributed by atoms with Crippen molar-refractivity contribution in [3.63, 3.8) is 0 Å². The minimum atomic E-state index is -0.993. The summed E-state index contributed by atoms with van der Waals surface area (Å²) in [5.41, 5.74) is 0.547. The molecule has 1 aliphatic rings. The first kappa shape index (κ1) is 20.9. The maximum atomic E-state index is 12.1. The molecule has 1 fully saturated rings. The number of benzene rings is 1.